The molecule has 10 heteroatoms. The Morgan fingerprint density at radius 2 is 1.08 bits per heavy atom. The van der Waals surface area contributed by atoms with Crippen LogP contribution in [0, 0.1) is 14.9 Å². The Hall–Kier alpha value is 0.248. The molecule has 0 saturated heterocycles. The molecule has 0 heterocycles. The summed E-state index contributed by atoms with van der Waals surface area (Å²) in [5, 5.41) is 9.31. The van der Waals surface area contributed by atoms with Gasteiger partial charge in [-0.05, 0) is 14.0 Å². The van der Waals surface area contributed by atoms with Crippen LogP contribution in [0.2, 0.25) is 0 Å². The summed E-state index contributed by atoms with van der Waals surface area (Å²) < 4.78 is 0. The molecule has 25 heavy (non-hydrogen) atoms. The van der Waals surface area contributed by atoms with E-state index in [4.69, 9.17) is 4.79 Å². The first-order valence-electron chi connectivity index (χ1n) is 4.43. The molecule has 1 atom stereocenters. The van der Waals surface area contributed by atoms with Gasteiger partial charge >= 0.3 is 65.4 Å². The van der Waals surface area contributed by atoms with Gasteiger partial charge in [-0.15, -0.1) is 0 Å². The van der Waals surface area contributed by atoms with Crippen LogP contribution in [0.1, 0.15) is 43.6 Å². The van der Waals surface area contributed by atoms with Gasteiger partial charge in [-0.25, -0.2) is 0 Å². The van der Waals surface area contributed by atoms with Crippen molar-refractivity contribution < 1.29 is 84.6 Å². The van der Waals surface area contributed by atoms with E-state index in [2.05, 4.69) is 21.3 Å². The molecule has 3 amide bonds. The van der Waals surface area contributed by atoms with Gasteiger partial charge in [0.05, 0.1) is 0 Å². The maximum absolute atomic E-state index is 9.50. The van der Waals surface area contributed by atoms with E-state index < -0.39 is 0 Å². The molecule has 0 aliphatic carbocycles. The van der Waals surface area contributed by atoms with E-state index >= 15 is 0 Å². The molecule has 8 nitrogen and oxygen atoms in total. The number of rotatable bonds is 7. The second-order valence-corrected chi connectivity index (χ2v) is 2.20. The molecule has 0 spiro atoms. The van der Waals surface area contributed by atoms with E-state index in [0.29, 0.717) is 0 Å². The average molecular weight is 516 g/mol. The van der Waals surface area contributed by atoms with Crippen LogP contribution in [-0.4, -0.2) is 45.4 Å². The molecule has 148 valence electrons. The second-order valence-electron chi connectivity index (χ2n) is 2.20. The molecule has 0 rings (SSSR count). The van der Waals surface area contributed by atoms with Crippen LogP contribution in [0.4, 0.5) is 0 Å². The Morgan fingerprint density at radius 1 is 0.800 bits per heavy atom. The van der Waals surface area contributed by atoms with Crippen molar-refractivity contribution in [2.24, 2.45) is 0 Å². The van der Waals surface area contributed by atoms with Crippen molar-refractivity contribution in [3.8, 4) is 0 Å². The normalized spacial score (nSPS) is 6.04. The Balaban J connectivity index is -0.0000000118. The van der Waals surface area contributed by atoms with Gasteiger partial charge in [0.25, 0.3) is 0 Å². The number of amides is 3. The van der Waals surface area contributed by atoms with Crippen LogP contribution >= 0.6 is 0 Å². The summed E-state index contributed by atoms with van der Waals surface area (Å²) in [6, 6.07) is 0. The Kier molecular flexibility index (Phi) is 256. The first-order valence-corrected chi connectivity index (χ1v) is 4.43. The van der Waals surface area contributed by atoms with E-state index in [1.807, 2.05) is 6.92 Å². The zero-order valence-corrected chi connectivity index (χ0v) is 18.7. The maximum atomic E-state index is 9.50. The van der Waals surface area contributed by atoms with E-state index in [0.717, 1.165) is 0 Å². The Bertz CT molecular complexity index is 196. The fourth-order valence-electron chi connectivity index (χ4n) is 0.277. The van der Waals surface area contributed by atoms with Crippen LogP contribution < -0.4 is 21.3 Å². The average Bonchev–Trinajstić information content (AvgIpc) is 2.32. The van der Waals surface area contributed by atoms with Crippen molar-refractivity contribution >= 4 is 25.5 Å². The molecule has 0 aromatic heterocycles. The molecule has 0 bridgehead atoms. The van der Waals surface area contributed by atoms with Crippen LogP contribution in [0.3, 0.4) is 0 Å². The minimum absolute atomic E-state index is 0. The number of nitrogens with one attached hydrogen (secondary N) is 4. The van der Waals surface area contributed by atoms with E-state index in [9.17, 15) is 14.4 Å². The molecule has 0 aromatic carbocycles. The monoisotopic (exact) mass is 516 g/mol. The summed E-state index contributed by atoms with van der Waals surface area (Å²) in [5.41, 5.74) is 0. The van der Waals surface area contributed by atoms with Crippen LogP contribution in [0.25, 0.3) is 0 Å². The summed E-state index contributed by atoms with van der Waals surface area (Å²) in [4.78, 5) is 36.7. The maximum Gasteiger partial charge on any atom is 3.00 e. The van der Waals surface area contributed by atoms with Gasteiger partial charge in [-0.3, -0.25) is 6.29 Å². The number of hydrogen-bond acceptors (Lipinski definition) is 5. The smallest absolute Gasteiger partial charge is 0.542 e. The minimum atomic E-state index is 0. The molecule has 1 unspecified atom stereocenters. The van der Waals surface area contributed by atoms with Gasteiger partial charge in [0, 0.05) is 12.8 Å². The summed E-state index contributed by atoms with van der Waals surface area (Å²) in [5.74, 6) is 0. The van der Waals surface area contributed by atoms with Crippen molar-refractivity contribution in [3.05, 3.63) is 14.9 Å². The quantitative estimate of drug-likeness (QED) is 0.175. The van der Waals surface area contributed by atoms with Gasteiger partial charge in [-0.2, -0.15) is 26.2 Å². The van der Waals surface area contributed by atoms with Crippen molar-refractivity contribution in [2.75, 3.05) is 13.7 Å². The molecule has 0 aliphatic heterocycles. The fourth-order valence-corrected chi connectivity index (χ4v) is 0.277. The molecule has 4 N–H and O–H groups in total. The molecule has 0 aliphatic rings. The van der Waals surface area contributed by atoms with Gasteiger partial charge in [0.15, 0.2) is 0 Å². The summed E-state index contributed by atoms with van der Waals surface area (Å²) in [6.45, 7) is 3.23. The van der Waals surface area contributed by atoms with Crippen molar-refractivity contribution in [3.63, 3.8) is 0 Å². The van der Waals surface area contributed by atoms with Crippen molar-refractivity contribution in [2.45, 2.75) is 49.7 Å². The van der Waals surface area contributed by atoms with Crippen LogP contribution in [-0.2, 0) is 84.6 Å². The number of carbonyl (C=O) groups excluding carboxylic acids is 4. The Labute approximate surface area is 208 Å². The minimum Gasteiger partial charge on any atom is -0.542 e. The topological polar surface area (TPSA) is 116 Å². The second kappa shape index (κ2) is 87.4. The summed E-state index contributed by atoms with van der Waals surface area (Å²) in [6.07, 6.45) is 5.80. The molecule has 0 saturated carbocycles. The van der Waals surface area contributed by atoms with Crippen LogP contribution in [0.15, 0.2) is 0 Å². The molecular formula is C15H38N4O4Y2. The van der Waals surface area contributed by atoms with E-state index in [1.54, 1.807) is 13.5 Å². The largest absolute Gasteiger partial charge is 3.00 e. The first kappa shape index (κ1) is 73.1. The summed E-state index contributed by atoms with van der Waals surface area (Å²) >= 11 is 0. The molecule has 0 aromatic rings. The molecule has 0 fully saturated rings. The number of hydrogen-bond donors (Lipinski definition) is 4. The predicted molar refractivity (Wildman–Crippen MR) is 101 cm³/mol. The Morgan fingerprint density at radius 3 is 1.20 bits per heavy atom. The van der Waals surface area contributed by atoms with E-state index in [-0.39, 0.29) is 123 Å². The van der Waals surface area contributed by atoms with Crippen molar-refractivity contribution in [1.29, 1.82) is 0 Å². The zero-order chi connectivity index (χ0) is 13.9. The fraction of sp³-hybridized carbons (Fsp3) is 0.600. The van der Waals surface area contributed by atoms with Gasteiger partial charge in [-0.1, -0.05) is 29.7 Å². The SMILES string of the molecule is C.C.C.C.CNC(C)N[C-]=O.C[C-]=O.O=[C-]NCN[C-]=O.[CH3-].[CH3-].[Y+3].[Y+3]. The van der Waals surface area contributed by atoms with Gasteiger partial charge < -0.3 is 55.3 Å². The molecular weight excluding hydrogens is 478 g/mol. The summed E-state index contributed by atoms with van der Waals surface area (Å²) in [7, 11) is 1.76. The van der Waals surface area contributed by atoms with Gasteiger partial charge in [0.1, 0.15) is 0 Å². The standard InChI is InChI=1S/C4H9N2O.C3H4N2O2.C2H3O.4CH4.2CH3.2Y/c1-4(5-2)6-3-7;6-2-4-1-5-3-7;1-2-3;;;;;;;;/h4-5H,1-2H3,(H,6,7);1H2,(H,4,6)(H,5,7);1H3;4*1H4;2*1H3;;/q-1;-2;-1;;;;;2*-1;2*+3. The third-order valence-corrected chi connectivity index (χ3v) is 1.03. The third kappa shape index (κ3) is 140. The zero-order valence-electron chi connectivity index (χ0n) is 13.1. The van der Waals surface area contributed by atoms with E-state index in [1.165, 1.54) is 26.0 Å². The van der Waals surface area contributed by atoms with Gasteiger partial charge in [0.2, 0.25) is 0 Å². The third-order valence-electron chi connectivity index (χ3n) is 1.03. The van der Waals surface area contributed by atoms with Crippen LogP contribution in [0.5, 0.6) is 0 Å². The first-order chi connectivity index (χ1) is 8.14. The predicted octanol–water partition coefficient (Wildman–Crippen LogP) is 1.02. The molecule has 0 radical (unpaired) electrons. The van der Waals surface area contributed by atoms with Crippen molar-refractivity contribution in [1.82, 2.24) is 21.3 Å².